The van der Waals surface area contributed by atoms with E-state index in [2.05, 4.69) is 32.9 Å². The third-order valence-electron chi connectivity index (χ3n) is 2.68. The maximum absolute atomic E-state index is 11.9. The molecule has 1 unspecified atom stereocenters. The Balaban J connectivity index is 2.53. The van der Waals surface area contributed by atoms with Crippen molar-refractivity contribution >= 4 is 26.0 Å². The van der Waals surface area contributed by atoms with Crippen LogP contribution in [0, 0.1) is 0 Å². The van der Waals surface area contributed by atoms with Crippen LogP contribution >= 0.6 is 15.9 Å². The van der Waals surface area contributed by atoms with Gasteiger partial charge in [0.05, 0.1) is 5.75 Å². The molecule has 6 heteroatoms. The number of nitrogens with one attached hydrogen (secondary N) is 2. The van der Waals surface area contributed by atoms with Crippen molar-refractivity contribution in [1.29, 1.82) is 0 Å². The summed E-state index contributed by atoms with van der Waals surface area (Å²) in [5.41, 5.74) is 0.944. The Kier molecular flexibility index (Phi) is 6.99. The average Bonchev–Trinajstić information content (AvgIpc) is 2.34. The molecule has 0 aliphatic rings. The van der Waals surface area contributed by atoms with Crippen LogP contribution in [0.3, 0.4) is 0 Å². The topological polar surface area (TPSA) is 58.2 Å². The molecule has 19 heavy (non-hydrogen) atoms. The monoisotopic (exact) mass is 348 g/mol. The predicted octanol–water partition coefficient (Wildman–Crippen LogP) is 2.43. The number of benzene rings is 1. The zero-order valence-corrected chi connectivity index (χ0v) is 13.7. The summed E-state index contributed by atoms with van der Waals surface area (Å²) in [5.74, 6) is 0.103. The number of halogens is 1. The van der Waals surface area contributed by atoms with E-state index < -0.39 is 10.0 Å². The van der Waals surface area contributed by atoms with Crippen LogP contribution in [0.4, 0.5) is 0 Å². The van der Waals surface area contributed by atoms with E-state index in [-0.39, 0.29) is 11.8 Å². The maximum atomic E-state index is 11.9. The highest BCUT2D eigenvalue weighted by Gasteiger charge is 2.15. The lowest BCUT2D eigenvalue weighted by Gasteiger charge is -2.15. The van der Waals surface area contributed by atoms with E-state index in [0.717, 1.165) is 23.0 Å². The Morgan fingerprint density at radius 1 is 1.32 bits per heavy atom. The van der Waals surface area contributed by atoms with Crippen molar-refractivity contribution in [1.82, 2.24) is 10.0 Å². The molecular weight excluding hydrogens is 328 g/mol. The molecule has 2 N–H and O–H groups in total. The fraction of sp³-hybridized carbons (Fsp3) is 0.538. The molecule has 1 aromatic rings. The van der Waals surface area contributed by atoms with Crippen molar-refractivity contribution in [3.63, 3.8) is 0 Å². The summed E-state index contributed by atoms with van der Waals surface area (Å²) in [6.45, 7) is 5.22. The third kappa shape index (κ3) is 6.51. The van der Waals surface area contributed by atoms with Gasteiger partial charge in [-0.25, -0.2) is 13.1 Å². The molecule has 0 amide bonds. The predicted molar refractivity (Wildman–Crippen MR) is 82.6 cm³/mol. The second-order valence-electron chi connectivity index (χ2n) is 4.46. The lowest BCUT2D eigenvalue weighted by Crippen LogP contribution is -2.33. The summed E-state index contributed by atoms with van der Waals surface area (Å²) in [6.07, 6.45) is 1.00. The highest BCUT2D eigenvalue weighted by Crippen LogP contribution is 2.18. The quantitative estimate of drug-likeness (QED) is 0.709. The lowest BCUT2D eigenvalue weighted by atomic mass is 10.1. The summed E-state index contributed by atoms with van der Waals surface area (Å²) < 4.78 is 27.4. The average molecular weight is 349 g/mol. The molecule has 1 rings (SSSR count). The molecule has 0 saturated heterocycles. The summed E-state index contributed by atoms with van der Waals surface area (Å²) in [4.78, 5) is 0. The Labute approximate surface area is 124 Å². The first-order chi connectivity index (χ1) is 8.94. The van der Waals surface area contributed by atoms with E-state index in [9.17, 15) is 8.42 Å². The van der Waals surface area contributed by atoms with Crippen LogP contribution in [0.25, 0.3) is 0 Å². The fourth-order valence-corrected chi connectivity index (χ4v) is 3.30. The van der Waals surface area contributed by atoms with Gasteiger partial charge in [-0.15, -0.1) is 0 Å². The second-order valence-corrected chi connectivity index (χ2v) is 7.25. The van der Waals surface area contributed by atoms with Crippen LogP contribution in [0.15, 0.2) is 28.7 Å². The van der Waals surface area contributed by atoms with Crippen molar-refractivity contribution < 1.29 is 8.42 Å². The van der Waals surface area contributed by atoms with Crippen LogP contribution in [-0.2, 0) is 10.0 Å². The first-order valence-corrected chi connectivity index (χ1v) is 8.85. The van der Waals surface area contributed by atoms with Gasteiger partial charge in [0, 0.05) is 17.1 Å². The summed E-state index contributed by atoms with van der Waals surface area (Å²) >= 11 is 3.38. The van der Waals surface area contributed by atoms with Crippen molar-refractivity contribution in [3.05, 3.63) is 34.3 Å². The SMILES string of the molecule is CCCNCCS(=O)(=O)NC(C)c1cccc(Br)c1. The molecule has 108 valence electrons. The minimum absolute atomic E-state index is 0.103. The van der Waals surface area contributed by atoms with Gasteiger partial charge in [-0.3, -0.25) is 0 Å². The highest BCUT2D eigenvalue weighted by atomic mass is 79.9. The lowest BCUT2D eigenvalue weighted by molar-refractivity contribution is 0.562. The van der Waals surface area contributed by atoms with E-state index >= 15 is 0 Å². The van der Waals surface area contributed by atoms with Crippen LogP contribution < -0.4 is 10.0 Å². The van der Waals surface area contributed by atoms with Crippen LogP contribution in [0.1, 0.15) is 31.9 Å². The Bertz CT molecular complexity index is 491. The van der Waals surface area contributed by atoms with E-state index in [1.807, 2.05) is 31.2 Å². The molecule has 0 spiro atoms. The zero-order chi connectivity index (χ0) is 14.3. The van der Waals surface area contributed by atoms with Crippen LogP contribution in [0.2, 0.25) is 0 Å². The van der Waals surface area contributed by atoms with Crippen molar-refractivity contribution in [2.75, 3.05) is 18.8 Å². The molecule has 0 aliphatic heterocycles. The number of hydrogen-bond donors (Lipinski definition) is 2. The number of hydrogen-bond acceptors (Lipinski definition) is 3. The van der Waals surface area contributed by atoms with Gasteiger partial charge in [0.25, 0.3) is 0 Å². The van der Waals surface area contributed by atoms with Gasteiger partial charge in [0.2, 0.25) is 10.0 Å². The Hall–Kier alpha value is -0.430. The summed E-state index contributed by atoms with van der Waals surface area (Å²) in [6, 6.07) is 7.41. The normalized spacial score (nSPS) is 13.4. The number of sulfonamides is 1. The van der Waals surface area contributed by atoms with Gasteiger partial charge < -0.3 is 5.32 Å². The first-order valence-electron chi connectivity index (χ1n) is 6.41. The van der Waals surface area contributed by atoms with E-state index in [1.165, 1.54) is 0 Å². The molecule has 0 aliphatic carbocycles. The number of rotatable bonds is 8. The van der Waals surface area contributed by atoms with E-state index in [1.54, 1.807) is 0 Å². The van der Waals surface area contributed by atoms with Gasteiger partial charge in [-0.2, -0.15) is 0 Å². The van der Waals surface area contributed by atoms with Gasteiger partial charge in [-0.1, -0.05) is 35.0 Å². The highest BCUT2D eigenvalue weighted by molar-refractivity contribution is 9.10. The molecule has 0 fully saturated rings. The Morgan fingerprint density at radius 3 is 2.68 bits per heavy atom. The second kappa shape index (κ2) is 7.99. The van der Waals surface area contributed by atoms with E-state index in [4.69, 9.17) is 0 Å². The van der Waals surface area contributed by atoms with Gasteiger partial charge in [0.15, 0.2) is 0 Å². The molecule has 4 nitrogen and oxygen atoms in total. The minimum Gasteiger partial charge on any atom is -0.316 e. The summed E-state index contributed by atoms with van der Waals surface area (Å²) in [7, 11) is -3.25. The molecule has 1 aromatic carbocycles. The molecule has 0 bridgehead atoms. The van der Waals surface area contributed by atoms with Crippen molar-refractivity contribution in [2.24, 2.45) is 0 Å². The zero-order valence-electron chi connectivity index (χ0n) is 11.3. The van der Waals surface area contributed by atoms with Gasteiger partial charge in [-0.05, 0) is 37.6 Å². The molecule has 1 atom stereocenters. The third-order valence-corrected chi connectivity index (χ3v) is 4.63. The standard InChI is InChI=1S/C13H21BrN2O2S/c1-3-7-15-8-9-19(17,18)16-11(2)12-5-4-6-13(14)10-12/h4-6,10-11,15-16H,3,7-9H2,1-2H3. The largest absolute Gasteiger partial charge is 0.316 e. The van der Waals surface area contributed by atoms with Crippen molar-refractivity contribution in [3.8, 4) is 0 Å². The molecular formula is C13H21BrN2O2S. The Morgan fingerprint density at radius 2 is 2.05 bits per heavy atom. The smallest absolute Gasteiger partial charge is 0.213 e. The van der Waals surface area contributed by atoms with Gasteiger partial charge >= 0.3 is 0 Å². The fourth-order valence-electron chi connectivity index (χ4n) is 1.68. The van der Waals surface area contributed by atoms with Crippen molar-refractivity contribution in [2.45, 2.75) is 26.3 Å². The van der Waals surface area contributed by atoms with Crippen LogP contribution in [0.5, 0.6) is 0 Å². The van der Waals surface area contributed by atoms with Crippen LogP contribution in [-0.4, -0.2) is 27.3 Å². The van der Waals surface area contributed by atoms with E-state index in [0.29, 0.717) is 6.54 Å². The molecule has 0 heterocycles. The van der Waals surface area contributed by atoms with Gasteiger partial charge in [0.1, 0.15) is 0 Å². The summed E-state index contributed by atoms with van der Waals surface area (Å²) in [5, 5.41) is 3.09. The molecule has 0 aromatic heterocycles. The minimum atomic E-state index is -3.25. The molecule has 0 radical (unpaired) electrons. The molecule has 0 saturated carbocycles. The first kappa shape index (κ1) is 16.6. The maximum Gasteiger partial charge on any atom is 0.213 e.